The first kappa shape index (κ1) is 12.1. The van der Waals surface area contributed by atoms with Gasteiger partial charge in [0.2, 0.25) is 0 Å². The molecule has 0 aromatic rings. The molecule has 0 N–H and O–H groups in total. The molecule has 3 heteroatoms. The van der Waals surface area contributed by atoms with Gasteiger partial charge in [-0.15, -0.1) is 5.92 Å². The topological polar surface area (TPSA) is 51.2 Å². The second-order valence-electron chi connectivity index (χ2n) is 6.78. The maximum absolute atomic E-state index is 12.6. The van der Waals surface area contributed by atoms with Crippen molar-refractivity contribution in [3.8, 4) is 11.8 Å². The molecular formula is C18H22O3. The highest BCUT2D eigenvalue weighted by Crippen LogP contribution is 2.55. The number of rotatable bonds is 0. The second kappa shape index (κ2) is 5.40. The van der Waals surface area contributed by atoms with Crippen LogP contribution >= 0.6 is 0 Å². The Morgan fingerprint density at radius 3 is 2.76 bits per heavy atom. The molecule has 3 aliphatic carbocycles. The van der Waals surface area contributed by atoms with E-state index in [1.54, 1.807) is 0 Å². The molecule has 0 aromatic carbocycles. The number of Topliss-reactive ketones (excluding diaryl/α,β-unsaturated/α-hetero) is 3. The summed E-state index contributed by atoms with van der Waals surface area (Å²) in [5, 5.41) is 0. The Morgan fingerprint density at radius 2 is 1.95 bits per heavy atom. The summed E-state index contributed by atoms with van der Waals surface area (Å²) >= 11 is 0. The molecule has 2 saturated carbocycles. The van der Waals surface area contributed by atoms with Crippen molar-refractivity contribution >= 4 is 17.3 Å². The van der Waals surface area contributed by atoms with Gasteiger partial charge in [0.25, 0.3) is 0 Å². The predicted octanol–water partition coefficient (Wildman–Crippen LogP) is 2.71. The van der Waals surface area contributed by atoms with Gasteiger partial charge in [0.1, 0.15) is 17.3 Å². The van der Waals surface area contributed by atoms with E-state index < -0.39 is 23.6 Å². The SMILES string of the molecule is [2H]C1([2H])C#CCC(=O)CCC(=O)[C@H]2CC[C@]3(C)C(=O)CC[C@H]3[C@@H]21. The van der Waals surface area contributed by atoms with Crippen molar-refractivity contribution in [1.82, 2.24) is 0 Å². The molecule has 3 aliphatic rings. The van der Waals surface area contributed by atoms with Crippen LogP contribution in [0.1, 0.15) is 61.0 Å². The normalized spacial score (nSPS) is 43.9. The fourth-order valence-electron chi connectivity index (χ4n) is 4.29. The van der Waals surface area contributed by atoms with Gasteiger partial charge in [0, 0.05) is 39.7 Å². The van der Waals surface area contributed by atoms with Crippen molar-refractivity contribution in [2.24, 2.45) is 23.2 Å². The number of ketones is 3. The monoisotopic (exact) mass is 288 g/mol. The molecule has 0 saturated heterocycles. The molecule has 4 atom stereocenters. The van der Waals surface area contributed by atoms with E-state index in [0.717, 1.165) is 0 Å². The van der Waals surface area contributed by atoms with Gasteiger partial charge in [-0.25, -0.2) is 0 Å². The van der Waals surface area contributed by atoms with Gasteiger partial charge >= 0.3 is 0 Å². The Hall–Kier alpha value is -1.43. The minimum atomic E-state index is -1.84. The van der Waals surface area contributed by atoms with Gasteiger partial charge in [-0.05, 0) is 31.1 Å². The van der Waals surface area contributed by atoms with E-state index in [-0.39, 0.29) is 42.5 Å². The summed E-state index contributed by atoms with van der Waals surface area (Å²) < 4.78 is 16.9. The summed E-state index contributed by atoms with van der Waals surface area (Å²) in [5.74, 6) is 4.28. The highest BCUT2D eigenvalue weighted by molar-refractivity contribution is 5.90. The first-order valence-electron chi connectivity index (χ1n) is 8.83. The second-order valence-corrected chi connectivity index (χ2v) is 6.78. The molecule has 0 radical (unpaired) electrons. The van der Waals surface area contributed by atoms with Crippen LogP contribution in [0.25, 0.3) is 0 Å². The van der Waals surface area contributed by atoms with Crippen LogP contribution in [0.5, 0.6) is 0 Å². The fourth-order valence-corrected chi connectivity index (χ4v) is 4.29. The fraction of sp³-hybridized carbons (Fsp3) is 0.722. The minimum Gasteiger partial charge on any atom is -0.299 e. The third kappa shape index (κ3) is 2.46. The molecule has 0 spiro atoms. The average Bonchev–Trinajstić information content (AvgIpc) is 2.78. The average molecular weight is 288 g/mol. The lowest BCUT2D eigenvalue weighted by molar-refractivity contribution is -0.136. The van der Waals surface area contributed by atoms with Crippen molar-refractivity contribution < 1.29 is 17.1 Å². The first-order chi connectivity index (χ1) is 10.8. The molecule has 0 aromatic heterocycles. The number of fused-ring (bicyclic) bond motifs is 3. The van der Waals surface area contributed by atoms with E-state index in [0.29, 0.717) is 25.7 Å². The van der Waals surface area contributed by atoms with Gasteiger partial charge in [-0.1, -0.05) is 12.8 Å². The van der Waals surface area contributed by atoms with Crippen molar-refractivity contribution in [1.29, 1.82) is 0 Å². The highest BCUT2D eigenvalue weighted by Gasteiger charge is 2.54. The van der Waals surface area contributed by atoms with Crippen LogP contribution in [0.15, 0.2) is 0 Å². The highest BCUT2D eigenvalue weighted by atomic mass is 16.1. The van der Waals surface area contributed by atoms with E-state index in [9.17, 15) is 14.4 Å². The third-order valence-corrected chi connectivity index (χ3v) is 5.66. The first-order valence-corrected chi connectivity index (χ1v) is 7.83. The van der Waals surface area contributed by atoms with Gasteiger partial charge in [0.15, 0.2) is 0 Å². The van der Waals surface area contributed by atoms with Gasteiger partial charge in [0.05, 0.1) is 6.42 Å². The Kier molecular flexibility index (Phi) is 3.13. The van der Waals surface area contributed by atoms with Crippen molar-refractivity contribution in [3.05, 3.63) is 0 Å². The zero-order valence-corrected chi connectivity index (χ0v) is 12.4. The number of carbonyl (C=O) groups is 3. The summed E-state index contributed by atoms with van der Waals surface area (Å²) in [5.41, 5.74) is -0.517. The molecule has 2 fully saturated rings. The molecule has 3 nitrogen and oxygen atoms in total. The molecule has 112 valence electrons. The summed E-state index contributed by atoms with van der Waals surface area (Å²) in [6.45, 7) is 1.93. The lowest BCUT2D eigenvalue weighted by Crippen LogP contribution is -2.44. The molecule has 0 aliphatic heterocycles. The van der Waals surface area contributed by atoms with E-state index in [1.807, 2.05) is 6.92 Å². The molecule has 0 bridgehead atoms. The van der Waals surface area contributed by atoms with Crippen LogP contribution in [0.4, 0.5) is 0 Å². The Morgan fingerprint density at radius 1 is 1.14 bits per heavy atom. The molecule has 0 amide bonds. The zero-order valence-electron chi connectivity index (χ0n) is 14.4. The van der Waals surface area contributed by atoms with Crippen molar-refractivity contribution in [3.63, 3.8) is 0 Å². The van der Waals surface area contributed by atoms with Gasteiger partial charge < -0.3 is 0 Å². The quantitative estimate of drug-likeness (QED) is 0.644. The van der Waals surface area contributed by atoms with Crippen molar-refractivity contribution in [2.45, 2.75) is 58.2 Å². The Bertz CT molecular complexity index is 628. The molecule has 3 rings (SSSR count). The molecule has 0 heterocycles. The van der Waals surface area contributed by atoms with Gasteiger partial charge in [-0.3, -0.25) is 14.4 Å². The summed E-state index contributed by atoms with van der Waals surface area (Å²) in [4.78, 5) is 36.6. The summed E-state index contributed by atoms with van der Waals surface area (Å²) in [6.07, 6.45) is 0.818. The zero-order chi connectivity index (χ0) is 16.8. The van der Waals surface area contributed by atoms with E-state index in [2.05, 4.69) is 11.8 Å². The maximum atomic E-state index is 12.6. The largest absolute Gasteiger partial charge is 0.299 e. The van der Waals surface area contributed by atoms with Crippen LogP contribution in [-0.2, 0) is 14.4 Å². The van der Waals surface area contributed by atoms with Crippen LogP contribution < -0.4 is 0 Å². The molecule has 21 heavy (non-hydrogen) atoms. The lowest BCUT2D eigenvalue weighted by atomic mass is 9.58. The Balaban J connectivity index is 2.05. The van der Waals surface area contributed by atoms with E-state index in [1.165, 1.54) is 0 Å². The summed E-state index contributed by atoms with van der Waals surface area (Å²) in [7, 11) is 0. The van der Waals surface area contributed by atoms with Gasteiger partial charge in [-0.2, -0.15) is 0 Å². The summed E-state index contributed by atoms with van der Waals surface area (Å²) in [6, 6.07) is 0. The van der Waals surface area contributed by atoms with Crippen LogP contribution in [0.2, 0.25) is 0 Å². The minimum absolute atomic E-state index is 0.00500. The van der Waals surface area contributed by atoms with Crippen LogP contribution in [0, 0.1) is 35.0 Å². The maximum Gasteiger partial charge on any atom is 0.145 e. The number of carbonyl (C=O) groups excluding carboxylic acids is 3. The van der Waals surface area contributed by atoms with Crippen LogP contribution in [0.3, 0.4) is 0 Å². The number of hydrogen-bond acceptors (Lipinski definition) is 3. The molecule has 0 unspecified atom stereocenters. The molecular weight excluding hydrogens is 264 g/mol. The van der Waals surface area contributed by atoms with Crippen LogP contribution in [-0.4, -0.2) is 17.3 Å². The lowest BCUT2D eigenvalue weighted by Gasteiger charge is -2.44. The van der Waals surface area contributed by atoms with E-state index >= 15 is 0 Å². The number of hydrogen-bond donors (Lipinski definition) is 0. The third-order valence-electron chi connectivity index (χ3n) is 5.66. The smallest absolute Gasteiger partial charge is 0.145 e. The predicted molar refractivity (Wildman–Crippen MR) is 78.3 cm³/mol. The standard InChI is InChI=1S/C18H22O3/c1-18-11-10-14-13(15(18)7-9-17(18)21)5-3-2-4-12(19)6-8-16(14)20/h13-15H,4-11H2,1H3/t13-,14+,15+,18+/m1/s1/i5D2. The van der Waals surface area contributed by atoms with E-state index in [4.69, 9.17) is 2.74 Å². The Labute approximate surface area is 128 Å². The van der Waals surface area contributed by atoms with Crippen molar-refractivity contribution in [2.75, 3.05) is 0 Å².